The van der Waals surface area contributed by atoms with Gasteiger partial charge in [-0.1, -0.05) is 65.5 Å². The first-order valence-electron chi connectivity index (χ1n) is 17.6. The van der Waals surface area contributed by atoms with Crippen LogP contribution in [0.3, 0.4) is 0 Å². The van der Waals surface area contributed by atoms with Crippen LogP contribution in [0.5, 0.6) is 0 Å². The molecule has 258 valence electrons. The van der Waals surface area contributed by atoms with E-state index in [1.54, 1.807) is 0 Å². The predicted octanol–water partition coefficient (Wildman–Crippen LogP) is 9.65. The molecule has 0 aromatic heterocycles. The number of aliphatic hydroxyl groups is 1. The van der Waals surface area contributed by atoms with Gasteiger partial charge in [-0.05, 0) is 94.2 Å². The summed E-state index contributed by atoms with van der Waals surface area (Å²) in [7, 11) is -2.46. The van der Waals surface area contributed by atoms with E-state index >= 15 is 8.78 Å². The molecule has 5 unspecified atom stereocenters. The maximum absolute atomic E-state index is 15.9. The number of hydrogen-bond acceptors (Lipinski definition) is 5. The van der Waals surface area contributed by atoms with Crippen LogP contribution in [0.2, 0.25) is 18.1 Å². The first kappa shape index (κ1) is 39.3. The average molecular weight is 647 g/mol. The van der Waals surface area contributed by atoms with Crippen LogP contribution in [-0.2, 0) is 18.7 Å². The number of carboxylic acid groups (broad SMARTS) is 1. The Bertz CT molecular complexity index is 840. The van der Waals surface area contributed by atoms with Crippen LogP contribution in [0.4, 0.5) is 8.78 Å². The minimum Gasteiger partial charge on any atom is -0.481 e. The van der Waals surface area contributed by atoms with Crippen molar-refractivity contribution in [2.24, 2.45) is 11.8 Å². The van der Waals surface area contributed by atoms with E-state index in [1.807, 2.05) is 13.1 Å². The molecule has 2 aliphatic rings. The van der Waals surface area contributed by atoms with Crippen molar-refractivity contribution in [2.75, 3.05) is 6.61 Å². The molecule has 1 heterocycles. The van der Waals surface area contributed by atoms with E-state index in [9.17, 15) is 9.90 Å². The van der Waals surface area contributed by atoms with Crippen LogP contribution in [0.25, 0.3) is 0 Å². The van der Waals surface area contributed by atoms with Crippen LogP contribution in [0.1, 0.15) is 137 Å². The fraction of sp³-hybridized carbons (Fsp3) is 0.914. The fourth-order valence-electron chi connectivity index (χ4n) is 6.32. The normalized spacial score (nSPS) is 26.0. The molecule has 0 aromatic carbocycles. The van der Waals surface area contributed by atoms with E-state index in [2.05, 4.69) is 39.8 Å². The lowest BCUT2D eigenvalue weighted by Gasteiger charge is -2.42. The molecule has 1 aliphatic carbocycles. The van der Waals surface area contributed by atoms with Crippen LogP contribution < -0.4 is 0 Å². The minimum atomic E-state index is -2.92. The van der Waals surface area contributed by atoms with E-state index in [0.29, 0.717) is 38.7 Å². The van der Waals surface area contributed by atoms with Crippen molar-refractivity contribution in [2.45, 2.75) is 186 Å². The van der Waals surface area contributed by atoms with Gasteiger partial charge in [-0.2, -0.15) is 0 Å². The summed E-state index contributed by atoms with van der Waals surface area (Å²) in [4.78, 5) is 10.7. The molecular weight excluding hydrogens is 582 g/mol. The Hall–Kier alpha value is -0.873. The summed E-state index contributed by atoms with van der Waals surface area (Å²) >= 11 is 0. The lowest BCUT2D eigenvalue weighted by molar-refractivity contribution is -0.197. The van der Waals surface area contributed by atoms with Gasteiger partial charge in [0.1, 0.15) is 6.10 Å². The van der Waals surface area contributed by atoms with Crippen molar-refractivity contribution in [3.63, 3.8) is 0 Å². The van der Waals surface area contributed by atoms with Crippen molar-refractivity contribution < 1.29 is 37.7 Å². The van der Waals surface area contributed by atoms with Gasteiger partial charge in [0.05, 0.1) is 12.2 Å². The molecule has 9 heteroatoms. The second-order valence-electron chi connectivity index (χ2n) is 14.8. The van der Waals surface area contributed by atoms with E-state index < -0.39 is 32.4 Å². The number of aliphatic carboxylic acids is 1. The second-order valence-corrected chi connectivity index (χ2v) is 19.6. The number of aliphatic hydroxyl groups excluding tert-OH is 1. The number of alkyl halides is 2. The van der Waals surface area contributed by atoms with Crippen molar-refractivity contribution in [1.29, 1.82) is 0 Å². The smallest absolute Gasteiger partial charge is 0.303 e. The lowest BCUT2D eigenvalue weighted by Crippen LogP contribution is -2.49. The Balaban J connectivity index is 2.17. The molecule has 2 fully saturated rings. The topological polar surface area (TPSA) is 85.2 Å². The quantitative estimate of drug-likeness (QED) is 0.0734. The van der Waals surface area contributed by atoms with Crippen LogP contribution in [0, 0.1) is 11.8 Å². The Morgan fingerprint density at radius 2 is 1.77 bits per heavy atom. The zero-order valence-corrected chi connectivity index (χ0v) is 29.6. The zero-order chi connectivity index (χ0) is 32.8. The Morgan fingerprint density at radius 1 is 1.05 bits per heavy atom. The van der Waals surface area contributed by atoms with Crippen LogP contribution in [-0.4, -0.2) is 61.6 Å². The summed E-state index contributed by atoms with van der Waals surface area (Å²) in [6.07, 6.45) is 13.3. The number of hydrogen-bond donors (Lipinski definition) is 2. The number of halogens is 2. The highest BCUT2D eigenvalue weighted by Crippen LogP contribution is 2.45. The molecule has 6 atom stereocenters. The van der Waals surface area contributed by atoms with Crippen molar-refractivity contribution >= 4 is 14.3 Å². The predicted molar refractivity (Wildman–Crippen MR) is 176 cm³/mol. The third kappa shape index (κ3) is 13.5. The number of ether oxygens (including phenoxy) is 2. The third-order valence-electron chi connectivity index (χ3n) is 10.1. The summed E-state index contributed by atoms with van der Waals surface area (Å²) in [6.45, 7) is 13.1. The summed E-state index contributed by atoms with van der Waals surface area (Å²) in [6, 6.07) is 0. The van der Waals surface area contributed by atoms with E-state index in [4.69, 9.17) is 19.0 Å². The summed E-state index contributed by atoms with van der Waals surface area (Å²) in [5.41, 5.74) is 0. The highest BCUT2D eigenvalue weighted by atomic mass is 28.4. The van der Waals surface area contributed by atoms with Gasteiger partial charge in [0, 0.05) is 25.9 Å². The van der Waals surface area contributed by atoms with Gasteiger partial charge < -0.3 is 24.1 Å². The van der Waals surface area contributed by atoms with E-state index in [1.165, 1.54) is 0 Å². The number of rotatable bonds is 21. The standard InChI is InChI=1S/C35H64F2O6Si/c1-7-8-9-17-24-35(36,37)31(43-44(5,6)34(2,3)4)23-22-28-27(19-14-12-10-11-13-15-20-32(39)40)29(38)26-30(28)42-33-21-16-18-25-41-33/h12,14,27-31,33,38H,7-11,13,15-26H2,1-6H3,(H,39,40)/b14-12-/t27?,28-,29?,30?,31?,33?/m1/s1. The number of carboxylic acids is 1. The van der Waals surface area contributed by atoms with Crippen molar-refractivity contribution in [3.05, 3.63) is 12.2 Å². The van der Waals surface area contributed by atoms with Gasteiger partial charge in [-0.25, -0.2) is 8.78 Å². The van der Waals surface area contributed by atoms with Crippen molar-refractivity contribution in [3.8, 4) is 0 Å². The molecular formula is C35H64F2O6Si. The molecule has 2 N–H and O–H groups in total. The second kappa shape index (κ2) is 19.1. The molecule has 6 nitrogen and oxygen atoms in total. The monoisotopic (exact) mass is 646 g/mol. The molecule has 0 aromatic rings. The first-order valence-corrected chi connectivity index (χ1v) is 20.5. The maximum Gasteiger partial charge on any atom is 0.303 e. The molecule has 44 heavy (non-hydrogen) atoms. The molecule has 1 saturated carbocycles. The summed E-state index contributed by atoms with van der Waals surface area (Å²) in [5, 5.41) is 19.8. The van der Waals surface area contributed by atoms with Crippen LogP contribution in [0.15, 0.2) is 12.2 Å². The van der Waals surface area contributed by atoms with E-state index in [0.717, 1.165) is 57.8 Å². The van der Waals surface area contributed by atoms with Crippen LogP contribution >= 0.6 is 0 Å². The molecule has 1 aliphatic heterocycles. The van der Waals surface area contributed by atoms with E-state index in [-0.39, 0.29) is 48.5 Å². The lowest BCUT2D eigenvalue weighted by atomic mass is 9.85. The first-order chi connectivity index (χ1) is 20.7. The molecule has 0 bridgehead atoms. The van der Waals surface area contributed by atoms with Gasteiger partial charge in [0.15, 0.2) is 14.6 Å². The summed E-state index contributed by atoms with van der Waals surface area (Å²) in [5.74, 6) is -3.83. The van der Waals surface area contributed by atoms with Gasteiger partial charge in [0.2, 0.25) is 0 Å². The summed E-state index contributed by atoms with van der Waals surface area (Å²) < 4.78 is 50.7. The zero-order valence-electron chi connectivity index (χ0n) is 28.6. The van der Waals surface area contributed by atoms with Gasteiger partial charge >= 0.3 is 5.97 Å². The van der Waals surface area contributed by atoms with Gasteiger partial charge in [-0.15, -0.1) is 0 Å². The van der Waals surface area contributed by atoms with Gasteiger partial charge in [-0.3, -0.25) is 4.79 Å². The molecule has 0 amide bonds. The highest BCUT2D eigenvalue weighted by molar-refractivity contribution is 6.74. The Morgan fingerprint density at radius 3 is 2.41 bits per heavy atom. The SMILES string of the molecule is CCCCCCC(F)(F)C(CC[C@H]1C(OC2CCCCO2)CC(O)C1C/C=C\CCCCCC(=O)O)O[Si](C)(C)C(C)(C)C. The number of allylic oxidation sites excluding steroid dienone is 2. The molecule has 1 saturated heterocycles. The molecule has 0 spiro atoms. The maximum atomic E-state index is 15.9. The molecule has 2 rings (SSSR count). The van der Waals surface area contributed by atoms with Gasteiger partial charge in [0.25, 0.3) is 5.92 Å². The minimum absolute atomic E-state index is 0.0721. The fourth-order valence-corrected chi connectivity index (χ4v) is 7.67. The third-order valence-corrected chi connectivity index (χ3v) is 14.6. The Labute approximate surface area is 267 Å². The highest BCUT2D eigenvalue weighted by Gasteiger charge is 2.49. The van der Waals surface area contributed by atoms with Crippen molar-refractivity contribution in [1.82, 2.24) is 0 Å². The number of unbranched alkanes of at least 4 members (excludes halogenated alkanes) is 6. The molecule has 0 radical (unpaired) electrons. The number of carbonyl (C=O) groups is 1. The largest absolute Gasteiger partial charge is 0.481 e. The average Bonchev–Trinajstić information content (AvgIpc) is 3.23. The Kier molecular flexibility index (Phi) is 17.0.